The summed E-state index contributed by atoms with van der Waals surface area (Å²) in [6, 6.07) is 0.735. The lowest BCUT2D eigenvalue weighted by atomic mass is 10.1. The number of nitrogens with one attached hydrogen (secondary N) is 1. The maximum absolute atomic E-state index is 3.94. The van der Waals surface area contributed by atoms with Crippen molar-refractivity contribution in [2.75, 3.05) is 6.54 Å². The minimum Gasteiger partial charge on any atom is -0.312 e. The maximum Gasteiger partial charge on any atom is 0.0692 e. The first kappa shape index (κ1) is 10.6. The Morgan fingerprint density at radius 2 is 2.40 bits per heavy atom. The second-order valence-corrected chi connectivity index (χ2v) is 4.40. The fourth-order valence-electron chi connectivity index (χ4n) is 2.37. The van der Waals surface area contributed by atoms with Gasteiger partial charge in [0.15, 0.2) is 0 Å². The fraction of sp³-hybridized carbons (Fsp3) is 0.818. The van der Waals surface area contributed by atoms with Crippen LogP contribution in [0.3, 0.4) is 0 Å². The minimum absolute atomic E-state index is 0.735. The lowest BCUT2D eigenvalue weighted by molar-refractivity contribution is 0.452. The van der Waals surface area contributed by atoms with Crippen LogP contribution in [0.4, 0.5) is 0 Å². The van der Waals surface area contributed by atoms with Crippen molar-refractivity contribution in [1.29, 1.82) is 0 Å². The van der Waals surface area contributed by atoms with Crippen molar-refractivity contribution >= 4 is 0 Å². The van der Waals surface area contributed by atoms with Crippen LogP contribution in [0.25, 0.3) is 0 Å². The molecule has 0 aromatic carbocycles. The number of aromatic nitrogens is 3. The molecule has 2 unspecified atom stereocenters. The number of nitrogens with zero attached hydrogens (tertiary/aromatic N) is 3. The Labute approximate surface area is 91.1 Å². The Bertz CT molecular complexity index is 270. The summed E-state index contributed by atoms with van der Waals surface area (Å²) < 4.78 is 1.87. The largest absolute Gasteiger partial charge is 0.312 e. The average molecular weight is 208 g/mol. The van der Waals surface area contributed by atoms with Crippen LogP contribution >= 0.6 is 0 Å². The van der Waals surface area contributed by atoms with Crippen molar-refractivity contribution in [1.82, 2.24) is 20.3 Å². The monoisotopic (exact) mass is 208 g/mol. The third-order valence-electron chi connectivity index (χ3n) is 3.36. The van der Waals surface area contributed by atoms with Gasteiger partial charge < -0.3 is 5.32 Å². The first-order valence-corrected chi connectivity index (χ1v) is 5.96. The van der Waals surface area contributed by atoms with E-state index < -0.39 is 0 Å². The molecule has 2 atom stereocenters. The summed E-state index contributed by atoms with van der Waals surface area (Å²) in [7, 11) is 0. The van der Waals surface area contributed by atoms with E-state index in [1.54, 1.807) is 6.20 Å². The van der Waals surface area contributed by atoms with Crippen molar-refractivity contribution in [3.05, 3.63) is 12.4 Å². The average Bonchev–Trinajstić information content (AvgIpc) is 2.88. The van der Waals surface area contributed by atoms with E-state index in [-0.39, 0.29) is 0 Å². The van der Waals surface area contributed by atoms with E-state index >= 15 is 0 Å². The molecule has 1 N–H and O–H groups in total. The molecule has 4 heteroatoms. The number of hydrogen-bond acceptors (Lipinski definition) is 3. The Balaban J connectivity index is 1.63. The highest BCUT2D eigenvalue weighted by atomic mass is 15.4. The van der Waals surface area contributed by atoms with Crippen LogP contribution in [0.5, 0.6) is 0 Å². The van der Waals surface area contributed by atoms with Crippen LogP contribution < -0.4 is 5.32 Å². The van der Waals surface area contributed by atoms with Gasteiger partial charge in [0.2, 0.25) is 0 Å². The predicted molar refractivity (Wildman–Crippen MR) is 59.4 cm³/mol. The van der Waals surface area contributed by atoms with Crippen LogP contribution in [-0.2, 0) is 6.54 Å². The predicted octanol–water partition coefficient (Wildman–Crippen LogP) is 1.45. The molecular weight excluding hydrogens is 188 g/mol. The Morgan fingerprint density at radius 1 is 1.47 bits per heavy atom. The van der Waals surface area contributed by atoms with E-state index in [2.05, 4.69) is 22.6 Å². The van der Waals surface area contributed by atoms with Gasteiger partial charge in [0, 0.05) is 18.8 Å². The lowest BCUT2D eigenvalue weighted by Gasteiger charge is -2.12. The molecule has 0 saturated heterocycles. The Hall–Kier alpha value is -0.900. The van der Waals surface area contributed by atoms with Gasteiger partial charge in [0.05, 0.1) is 12.7 Å². The highest BCUT2D eigenvalue weighted by Crippen LogP contribution is 2.27. The molecule has 1 heterocycles. The van der Waals surface area contributed by atoms with Crippen molar-refractivity contribution in [3.8, 4) is 0 Å². The van der Waals surface area contributed by atoms with Gasteiger partial charge in [0.25, 0.3) is 0 Å². The van der Waals surface area contributed by atoms with Gasteiger partial charge in [-0.1, -0.05) is 18.6 Å². The van der Waals surface area contributed by atoms with Gasteiger partial charge in [-0.2, -0.15) is 0 Å². The van der Waals surface area contributed by atoms with Crippen LogP contribution in [0, 0.1) is 5.92 Å². The van der Waals surface area contributed by atoms with E-state index in [1.807, 2.05) is 10.9 Å². The molecular formula is C11H20N4. The highest BCUT2D eigenvalue weighted by molar-refractivity contribution is 4.79. The summed E-state index contributed by atoms with van der Waals surface area (Å²) in [6.07, 6.45) is 9.07. The molecule has 15 heavy (non-hydrogen) atoms. The molecule has 1 aliphatic carbocycles. The van der Waals surface area contributed by atoms with E-state index in [0.29, 0.717) is 0 Å². The second-order valence-electron chi connectivity index (χ2n) is 4.40. The number of hydrogen-bond donors (Lipinski definition) is 1. The summed E-state index contributed by atoms with van der Waals surface area (Å²) in [5.41, 5.74) is 0. The van der Waals surface area contributed by atoms with Gasteiger partial charge in [0.1, 0.15) is 0 Å². The molecule has 1 aliphatic rings. The molecule has 0 aliphatic heterocycles. The molecule has 1 aromatic heterocycles. The van der Waals surface area contributed by atoms with Crippen LogP contribution in [0.2, 0.25) is 0 Å². The van der Waals surface area contributed by atoms with Crippen molar-refractivity contribution in [2.45, 2.75) is 45.2 Å². The van der Waals surface area contributed by atoms with Crippen molar-refractivity contribution in [3.63, 3.8) is 0 Å². The van der Waals surface area contributed by atoms with E-state index in [9.17, 15) is 0 Å². The zero-order valence-electron chi connectivity index (χ0n) is 9.39. The zero-order chi connectivity index (χ0) is 10.5. The first-order chi connectivity index (χ1) is 7.38. The van der Waals surface area contributed by atoms with E-state index in [4.69, 9.17) is 0 Å². The van der Waals surface area contributed by atoms with E-state index in [0.717, 1.165) is 25.0 Å². The van der Waals surface area contributed by atoms with Gasteiger partial charge >= 0.3 is 0 Å². The van der Waals surface area contributed by atoms with Crippen molar-refractivity contribution < 1.29 is 0 Å². The highest BCUT2D eigenvalue weighted by Gasteiger charge is 2.22. The van der Waals surface area contributed by atoms with Crippen molar-refractivity contribution in [2.24, 2.45) is 5.92 Å². The molecule has 1 saturated carbocycles. The normalized spacial score (nSPS) is 25.9. The molecule has 1 fully saturated rings. The molecule has 0 spiro atoms. The van der Waals surface area contributed by atoms with Gasteiger partial charge in [-0.3, -0.25) is 4.68 Å². The summed E-state index contributed by atoms with van der Waals surface area (Å²) in [5, 5.41) is 11.3. The van der Waals surface area contributed by atoms with Gasteiger partial charge in [-0.05, 0) is 25.2 Å². The molecule has 0 radical (unpaired) electrons. The maximum atomic E-state index is 3.94. The quantitative estimate of drug-likeness (QED) is 0.796. The molecule has 84 valence electrons. The summed E-state index contributed by atoms with van der Waals surface area (Å²) in [5.74, 6) is 0.953. The summed E-state index contributed by atoms with van der Waals surface area (Å²) in [4.78, 5) is 0. The fourth-order valence-corrected chi connectivity index (χ4v) is 2.37. The second kappa shape index (κ2) is 5.26. The standard InChI is InChI=1S/C11H20N4/c1-2-10-3-4-11(9-10)12-5-7-15-8-6-13-14-15/h6,8,10-12H,2-5,7,9H2,1H3. The van der Waals surface area contributed by atoms with Gasteiger partial charge in [-0.25, -0.2) is 0 Å². The third-order valence-corrected chi connectivity index (χ3v) is 3.36. The topological polar surface area (TPSA) is 42.7 Å². The summed E-state index contributed by atoms with van der Waals surface area (Å²) >= 11 is 0. The van der Waals surface area contributed by atoms with E-state index in [1.165, 1.54) is 25.7 Å². The molecule has 0 bridgehead atoms. The molecule has 0 amide bonds. The van der Waals surface area contributed by atoms with Crippen LogP contribution in [0.15, 0.2) is 12.4 Å². The van der Waals surface area contributed by atoms with Gasteiger partial charge in [-0.15, -0.1) is 5.10 Å². The molecule has 2 rings (SSSR count). The molecule has 1 aromatic rings. The lowest BCUT2D eigenvalue weighted by Crippen LogP contribution is -2.29. The first-order valence-electron chi connectivity index (χ1n) is 5.96. The molecule has 4 nitrogen and oxygen atoms in total. The smallest absolute Gasteiger partial charge is 0.0692 e. The SMILES string of the molecule is CCC1CCC(NCCn2ccnn2)C1. The third kappa shape index (κ3) is 3.02. The van der Waals surface area contributed by atoms with Crippen LogP contribution in [0.1, 0.15) is 32.6 Å². The number of rotatable bonds is 5. The minimum atomic E-state index is 0.735. The Kier molecular flexibility index (Phi) is 3.72. The van der Waals surface area contributed by atoms with Crippen LogP contribution in [-0.4, -0.2) is 27.6 Å². The Morgan fingerprint density at radius 3 is 3.07 bits per heavy atom. The summed E-state index contributed by atoms with van der Waals surface area (Å²) in [6.45, 7) is 4.22. The zero-order valence-corrected chi connectivity index (χ0v) is 9.39.